The fraction of sp³-hybridized carbons (Fsp3) is 0.562. The highest BCUT2D eigenvalue weighted by molar-refractivity contribution is 7.99. The molecule has 110 valence electrons. The number of pyridine rings is 1. The predicted molar refractivity (Wildman–Crippen MR) is 90.7 cm³/mol. The van der Waals surface area contributed by atoms with E-state index in [1.807, 2.05) is 18.0 Å². The third kappa shape index (κ3) is 3.69. The number of anilines is 2. The van der Waals surface area contributed by atoms with E-state index < -0.39 is 0 Å². The molecule has 1 N–H and O–H groups in total. The topological polar surface area (TPSA) is 28.2 Å². The molecule has 0 atom stereocenters. The van der Waals surface area contributed by atoms with Crippen LogP contribution < -0.4 is 10.2 Å². The van der Waals surface area contributed by atoms with E-state index in [9.17, 15) is 0 Å². The van der Waals surface area contributed by atoms with Gasteiger partial charge in [-0.15, -0.1) is 0 Å². The van der Waals surface area contributed by atoms with Crippen molar-refractivity contribution in [1.82, 2.24) is 4.98 Å². The second-order valence-electron chi connectivity index (χ2n) is 6.31. The van der Waals surface area contributed by atoms with Crippen LogP contribution in [-0.4, -0.2) is 29.6 Å². The molecule has 1 aliphatic heterocycles. The number of nitrogens with zero attached hydrogens (tertiary/aromatic N) is 2. The zero-order valence-electron chi connectivity index (χ0n) is 13.0. The number of hydrogen-bond donors (Lipinski definition) is 1. The maximum atomic E-state index is 4.61. The van der Waals surface area contributed by atoms with Crippen LogP contribution in [0.2, 0.25) is 0 Å². The Morgan fingerprint density at radius 2 is 2.00 bits per heavy atom. The van der Waals surface area contributed by atoms with Crippen molar-refractivity contribution in [3.8, 4) is 0 Å². The number of nitrogens with one attached hydrogen (secondary N) is 1. The standard InChI is InChI=1S/C16H25N3S/c1-12-10-15(19-6-8-20-9-7-19)17-11-14(12)18-13(2)16(3,4)5/h10-11,18H,2,6-9H2,1,3-5H3. The van der Waals surface area contributed by atoms with Gasteiger partial charge in [0.2, 0.25) is 0 Å². The second-order valence-corrected chi connectivity index (χ2v) is 7.54. The van der Waals surface area contributed by atoms with Crippen LogP contribution in [0.3, 0.4) is 0 Å². The molecule has 1 fully saturated rings. The lowest BCUT2D eigenvalue weighted by Gasteiger charge is -2.28. The zero-order valence-corrected chi connectivity index (χ0v) is 13.8. The number of allylic oxidation sites excluding steroid dienone is 1. The SMILES string of the molecule is C=C(Nc1cnc(N2CCSCC2)cc1C)C(C)(C)C. The minimum Gasteiger partial charge on any atom is -0.357 e. The maximum absolute atomic E-state index is 4.61. The molecule has 0 unspecified atom stereocenters. The van der Waals surface area contributed by atoms with Gasteiger partial charge in [0.1, 0.15) is 5.82 Å². The number of rotatable bonds is 3. The van der Waals surface area contributed by atoms with Gasteiger partial charge in [0.05, 0.1) is 11.9 Å². The van der Waals surface area contributed by atoms with Gasteiger partial charge < -0.3 is 10.2 Å². The highest BCUT2D eigenvalue weighted by atomic mass is 32.2. The van der Waals surface area contributed by atoms with Gasteiger partial charge in [0, 0.05) is 35.7 Å². The van der Waals surface area contributed by atoms with Gasteiger partial charge in [-0.25, -0.2) is 4.98 Å². The average Bonchev–Trinajstić information content (AvgIpc) is 2.41. The molecule has 1 aromatic heterocycles. The minimum absolute atomic E-state index is 0.0508. The Bertz CT molecular complexity index is 485. The molecule has 0 spiro atoms. The molecule has 2 rings (SSSR count). The molecule has 4 heteroatoms. The Labute approximate surface area is 126 Å². The molecule has 1 aliphatic rings. The molecule has 0 aromatic carbocycles. The van der Waals surface area contributed by atoms with Crippen molar-refractivity contribution in [2.24, 2.45) is 5.41 Å². The number of hydrogen-bond acceptors (Lipinski definition) is 4. The van der Waals surface area contributed by atoms with Gasteiger partial charge >= 0.3 is 0 Å². The van der Waals surface area contributed by atoms with Crippen molar-refractivity contribution in [3.05, 3.63) is 30.1 Å². The quantitative estimate of drug-likeness (QED) is 0.914. The summed E-state index contributed by atoms with van der Waals surface area (Å²) in [6, 6.07) is 2.17. The minimum atomic E-state index is 0.0508. The molecule has 0 radical (unpaired) electrons. The predicted octanol–water partition coefficient (Wildman–Crippen LogP) is 3.91. The third-order valence-electron chi connectivity index (χ3n) is 3.62. The summed E-state index contributed by atoms with van der Waals surface area (Å²) in [5.74, 6) is 3.48. The second kappa shape index (κ2) is 6.08. The molecule has 0 amide bonds. The maximum Gasteiger partial charge on any atom is 0.128 e. The van der Waals surface area contributed by atoms with Crippen LogP contribution in [0.1, 0.15) is 26.3 Å². The molecule has 3 nitrogen and oxygen atoms in total. The van der Waals surface area contributed by atoms with Gasteiger partial charge in [-0.3, -0.25) is 0 Å². The number of aryl methyl sites for hydroxylation is 1. The first-order valence-electron chi connectivity index (χ1n) is 7.13. The fourth-order valence-electron chi connectivity index (χ4n) is 1.99. The lowest BCUT2D eigenvalue weighted by molar-refractivity contribution is 0.509. The summed E-state index contributed by atoms with van der Waals surface area (Å²) in [6.45, 7) is 14.9. The van der Waals surface area contributed by atoms with Gasteiger partial charge in [0.15, 0.2) is 0 Å². The van der Waals surface area contributed by atoms with Crippen LogP contribution in [0.4, 0.5) is 11.5 Å². The summed E-state index contributed by atoms with van der Waals surface area (Å²) in [6.07, 6.45) is 1.93. The molecule has 1 saturated heterocycles. The van der Waals surface area contributed by atoms with Crippen LogP contribution in [0.15, 0.2) is 24.5 Å². The molecule has 0 saturated carbocycles. The Morgan fingerprint density at radius 3 is 2.55 bits per heavy atom. The highest BCUT2D eigenvalue weighted by Crippen LogP contribution is 2.28. The summed E-state index contributed by atoms with van der Waals surface area (Å²) in [5, 5.41) is 3.40. The molecule has 20 heavy (non-hydrogen) atoms. The molecule has 0 bridgehead atoms. The van der Waals surface area contributed by atoms with Crippen molar-refractivity contribution in [2.75, 3.05) is 34.8 Å². The summed E-state index contributed by atoms with van der Waals surface area (Å²) in [5.41, 5.74) is 3.35. The van der Waals surface area contributed by atoms with E-state index in [-0.39, 0.29) is 5.41 Å². The van der Waals surface area contributed by atoms with E-state index in [0.29, 0.717) is 0 Å². The van der Waals surface area contributed by atoms with Gasteiger partial charge in [-0.1, -0.05) is 27.4 Å². The Hall–Kier alpha value is -1.16. The Kier molecular flexibility index (Phi) is 4.63. The van der Waals surface area contributed by atoms with Crippen molar-refractivity contribution >= 4 is 23.3 Å². The van der Waals surface area contributed by atoms with E-state index >= 15 is 0 Å². The number of thioether (sulfide) groups is 1. The summed E-state index contributed by atoms with van der Waals surface area (Å²) < 4.78 is 0. The normalized spacial score (nSPS) is 16.1. The van der Waals surface area contributed by atoms with Crippen LogP contribution >= 0.6 is 11.8 Å². The molecule has 0 aliphatic carbocycles. The van der Waals surface area contributed by atoms with Crippen LogP contribution in [0.25, 0.3) is 0 Å². The Balaban J connectivity index is 2.11. The van der Waals surface area contributed by atoms with E-state index in [2.05, 4.69) is 55.5 Å². The largest absolute Gasteiger partial charge is 0.357 e. The van der Waals surface area contributed by atoms with Gasteiger partial charge in [-0.05, 0) is 18.6 Å². The van der Waals surface area contributed by atoms with Crippen LogP contribution in [0, 0.1) is 12.3 Å². The molecular formula is C16H25N3S. The first kappa shape index (κ1) is 15.2. The van der Waals surface area contributed by atoms with E-state index in [0.717, 1.165) is 30.3 Å². The summed E-state index contributed by atoms with van der Waals surface area (Å²) in [4.78, 5) is 6.98. The lowest BCUT2D eigenvalue weighted by Crippen LogP contribution is -2.33. The van der Waals surface area contributed by atoms with Crippen LogP contribution in [-0.2, 0) is 0 Å². The highest BCUT2D eigenvalue weighted by Gasteiger charge is 2.17. The van der Waals surface area contributed by atoms with Crippen molar-refractivity contribution in [3.63, 3.8) is 0 Å². The third-order valence-corrected chi connectivity index (χ3v) is 4.56. The molecule has 1 aromatic rings. The Morgan fingerprint density at radius 1 is 1.35 bits per heavy atom. The monoisotopic (exact) mass is 291 g/mol. The first-order chi connectivity index (χ1) is 9.38. The number of aromatic nitrogens is 1. The lowest BCUT2D eigenvalue weighted by atomic mass is 9.92. The van der Waals surface area contributed by atoms with E-state index in [1.165, 1.54) is 17.1 Å². The molecular weight excluding hydrogens is 266 g/mol. The smallest absolute Gasteiger partial charge is 0.128 e. The van der Waals surface area contributed by atoms with Gasteiger partial charge in [0.25, 0.3) is 0 Å². The van der Waals surface area contributed by atoms with E-state index in [4.69, 9.17) is 0 Å². The van der Waals surface area contributed by atoms with Gasteiger partial charge in [-0.2, -0.15) is 11.8 Å². The van der Waals surface area contributed by atoms with Crippen LogP contribution in [0.5, 0.6) is 0 Å². The fourth-order valence-corrected chi connectivity index (χ4v) is 2.89. The van der Waals surface area contributed by atoms with Crippen molar-refractivity contribution in [1.29, 1.82) is 0 Å². The zero-order chi connectivity index (χ0) is 14.8. The average molecular weight is 291 g/mol. The summed E-state index contributed by atoms with van der Waals surface area (Å²) in [7, 11) is 0. The summed E-state index contributed by atoms with van der Waals surface area (Å²) >= 11 is 2.02. The van der Waals surface area contributed by atoms with E-state index in [1.54, 1.807) is 0 Å². The first-order valence-corrected chi connectivity index (χ1v) is 8.29. The molecule has 2 heterocycles. The van der Waals surface area contributed by atoms with Crippen molar-refractivity contribution < 1.29 is 0 Å². The van der Waals surface area contributed by atoms with Crippen molar-refractivity contribution in [2.45, 2.75) is 27.7 Å².